The summed E-state index contributed by atoms with van der Waals surface area (Å²) in [7, 11) is 1.67. The third-order valence-corrected chi connectivity index (χ3v) is 5.59. The molecular formula is C19H26N2O3. The van der Waals surface area contributed by atoms with Crippen molar-refractivity contribution in [3.8, 4) is 0 Å². The van der Waals surface area contributed by atoms with Crippen LogP contribution in [0.2, 0.25) is 0 Å². The molecule has 0 spiro atoms. The zero-order valence-corrected chi connectivity index (χ0v) is 14.4. The Morgan fingerprint density at radius 2 is 2.21 bits per heavy atom. The van der Waals surface area contributed by atoms with Crippen LogP contribution < -0.4 is 5.32 Å². The van der Waals surface area contributed by atoms with Crippen LogP contribution in [0.5, 0.6) is 0 Å². The molecule has 0 unspecified atom stereocenters. The molecule has 2 aliphatic carbocycles. The van der Waals surface area contributed by atoms with Crippen LogP contribution in [0.3, 0.4) is 0 Å². The number of carbonyl (C=O) groups is 1. The minimum absolute atomic E-state index is 0.0355. The van der Waals surface area contributed by atoms with Gasteiger partial charge in [0.25, 0.3) is 0 Å². The molecule has 5 atom stereocenters. The molecule has 24 heavy (non-hydrogen) atoms. The molecule has 1 heterocycles. The maximum Gasteiger partial charge on any atom is 0.317 e. The van der Waals surface area contributed by atoms with Gasteiger partial charge in [-0.1, -0.05) is 24.3 Å². The molecule has 4 rings (SSSR count). The standard InChI is InChI=1S/C19H26N2O3/c1-12-9-21(10-14(24-12)11-23-2)19(22)20-18-16-8-7-13-5-3-4-6-15(13)17(16)18/h3-6,12,14,16-18H,7-11H2,1-2H3,(H,20,22)/t12-,14+,16-,17+,18-/m1/s1. The van der Waals surface area contributed by atoms with Crippen LogP contribution >= 0.6 is 0 Å². The predicted octanol–water partition coefficient (Wildman–Crippen LogP) is 2.16. The van der Waals surface area contributed by atoms with E-state index in [2.05, 4.69) is 29.6 Å². The Morgan fingerprint density at radius 1 is 1.38 bits per heavy atom. The highest BCUT2D eigenvalue weighted by atomic mass is 16.5. The number of amides is 2. The van der Waals surface area contributed by atoms with Gasteiger partial charge in [-0.15, -0.1) is 0 Å². The van der Waals surface area contributed by atoms with Crippen molar-refractivity contribution in [1.29, 1.82) is 0 Å². The van der Waals surface area contributed by atoms with Gasteiger partial charge in [0, 0.05) is 25.6 Å². The number of rotatable bonds is 3. The van der Waals surface area contributed by atoms with Crippen LogP contribution in [0.25, 0.3) is 0 Å². The monoisotopic (exact) mass is 330 g/mol. The lowest BCUT2D eigenvalue weighted by atomic mass is 9.92. The molecule has 2 amide bonds. The Hall–Kier alpha value is -1.59. The number of morpholine rings is 1. The van der Waals surface area contributed by atoms with Gasteiger partial charge in [-0.05, 0) is 36.8 Å². The van der Waals surface area contributed by atoms with Crippen LogP contribution in [0.4, 0.5) is 4.79 Å². The van der Waals surface area contributed by atoms with Gasteiger partial charge >= 0.3 is 6.03 Å². The van der Waals surface area contributed by atoms with Gasteiger partial charge in [-0.3, -0.25) is 0 Å². The summed E-state index contributed by atoms with van der Waals surface area (Å²) < 4.78 is 11.0. The first-order chi connectivity index (χ1) is 11.7. The van der Waals surface area contributed by atoms with E-state index in [-0.39, 0.29) is 18.2 Å². The molecular weight excluding hydrogens is 304 g/mol. The lowest BCUT2D eigenvalue weighted by Crippen LogP contribution is -2.54. The molecule has 1 aromatic rings. The fourth-order valence-corrected chi connectivity index (χ4v) is 4.49. The summed E-state index contributed by atoms with van der Waals surface area (Å²) in [4.78, 5) is 14.6. The second-order valence-corrected chi connectivity index (χ2v) is 7.33. The number of hydrogen-bond acceptors (Lipinski definition) is 3. The van der Waals surface area contributed by atoms with Crippen molar-refractivity contribution in [3.05, 3.63) is 35.4 Å². The lowest BCUT2D eigenvalue weighted by Gasteiger charge is -2.36. The summed E-state index contributed by atoms with van der Waals surface area (Å²) in [6.45, 7) is 3.78. The first-order valence-electron chi connectivity index (χ1n) is 8.95. The molecule has 1 saturated carbocycles. The van der Waals surface area contributed by atoms with Crippen LogP contribution in [-0.2, 0) is 15.9 Å². The summed E-state index contributed by atoms with van der Waals surface area (Å²) in [6.07, 6.45) is 2.32. The number of urea groups is 1. The predicted molar refractivity (Wildman–Crippen MR) is 91.1 cm³/mol. The minimum atomic E-state index is -0.0355. The van der Waals surface area contributed by atoms with Gasteiger partial charge in [-0.25, -0.2) is 4.79 Å². The summed E-state index contributed by atoms with van der Waals surface area (Å²) in [5.41, 5.74) is 2.89. The molecule has 0 bridgehead atoms. The maximum atomic E-state index is 12.7. The van der Waals surface area contributed by atoms with E-state index < -0.39 is 0 Å². The van der Waals surface area contributed by atoms with Crippen molar-refractivity contribution < 1.29 is 14.3 Å². The maximum absolute atomic E-state index is 12.7. The van der Waals surface area contributed by atoms with Gasteiger partial charge < -0.3 is 19.7 Å². The SMILES string of the molecule is COC[C@@H]1CN(C(=O)N[C@@H]2[C@@H]3CCc4ccccc4[C@@H]32)C[C@@H](C)O1. The number of nitrogens with one attached hydrogen (secondary N) is 1. The van der Waals surface area contributed by atoms with Crippen LogP contribution in [0.1, 0.15) is 30.4 Å². The fraction of sp³-hybridized carbons (Fsp3) is 0.632. The van der Waals surface area contributed by atoms with E-state index in [9.17, 15) is 4.79 Å². The third-order valence-electron chi connectivity index (χ3n) is 5.59. The Bertz CT molecular complexity index is 620. The zero-order chi connectivity index (χ0) is 16.7. The first-order valence-corrected chi connectivity index (χ1v) is 8.95. The number of benzene rings is 1. The van der Waals surface area contributed by atoms with E-state index in [4.69, 9.17) is 9.47 Å². The number of fused-ring (bicyclic) bond motifs is 3. The van der Waals surface area contributed by atoms with Crippen LogP contribution in [-0.4, -0.2) is 56.0 Å². The lowest BCUT2D eigenvalue weighted by molar-refractivity contribution is -0.0897. The average Bonchev–Trinajstić information content (AvgIpc) is 3.28. The summed E-state index contributed by atoms with van der Waals surface area (Å²) in [6, 6.07) is 9.01. The summed E-state index contributed by atoms with van der Waals surface area (Å²) >= 11 is 0. The van der Waals surface area contributed by atoms with Gasteiger partial charge in [0.1, 0.15) is 0 Å². The van der Waals surface area contributed by atoms with Crippen molar-refractivity contribution in [2.24, 2.45) is 5.92 Å². The van der Waals surface area contributed by atoms with E-state index in [1.807, 2.05) is 11.8 Å². The normalized spacial score (nSPS) is 34.2. The molecule has 1 saturated heterocycles. The Kier molecular flexibility index (Phi) is 4.22. The molecule has 0 radical (unpaired) electrons. The highest BCUT2D eigenvalue weighted by Crippen LogP contribution is 2.54. The van der Waals surface area contributed by atoms with Crippen molar-refractivity contribution >= 4 is 6.03 Å². The van der Waals surface area contributed by atoms with Crippen molar-refractivity contribution in [1.82, 2.24) is 10.2 Å². The number of ether oxygens (including phenoxy) is 2. The van der Waals surface area contributed by atoms with E-state index in [1.54, 1.807) is 7.11 Å². The van der Waals surface area contributed by atoms with Gasteiger partial charge in [0.15, 0.2) is 0 Å². The van der Waals surface area contributed by atoms with E-state index in [0.29, 0.717) is 37.6 Å². The number of carbonyl (C=O) groups excluding carboxylic acids is 1. The Balaban J connectivity index is 1.39. The molecule has 1 aromatic carbocycles. The smallest absolute Gasteiger partial charge is 0.317 e. The molecule has 5 nitrogen and oxygen atoms in total. The van der Waals surface area contributed by atoms with Crippen molar-refractivity contribution in [2.75, 3.05) is 26.8 Å². The van der Waals surface area contributed by atoms with Gasteiger partial charge in [-0.2, -0.15) is 0 Å². The number of hydrogen-bond donors (Lipinski definition) is 1. The summed E-state index contributed by atoms with van der Waals surface area (Å²) in [5.74, 6) is 1.12. The third kappa shape index (κ3) is 2.91. The van der Waals surface area contributed by atoms with Crippen molar-refractivity contribution in [3.63, 3.8) is 0 Å². The number of aryl methyl sites for hydroxylation is 1. The van der Waals surface area contributed by atoms with Crippen LogP contribution in [0, 0.1) is 5.92 Å². The topological polar surface area (TPSA) is 50.8 Å². The average molecular weight is 330 g/mol. The second-order valence-electron chi connectivity index (χ2n) is 7.33. The van der Waals surface area contributed by atoms with Gasteiger partial charge in [0.2, 0.25) is 0 Å². The Labute approximate surface area is 143 Å². The molecule has 3 aliphatic rings. The molecule has 1 N–H and O–H groups in total. The van der Waals surface area contributed by atoms with E-state index >= 15 is 0 Å². The van der Waals surface area contributed by atoms with Gasteiger partial charge in [0.05, 0.1) is 25.4 Å². The first kappa shape index (κ1) is 15.9. The number of methoxy groups -OCH3 is 1. The fourth-order valence-electron chi connectivity index (χ4n) is 4.49. The molecule has 2 fully saturated rings. The number of nitrogens with zero attached hydrogens (tertiary/aromatic N) is 1. The summed E-state index contributed by atoms with van der Waals surface area (Å²) in [5, 5.41) is 3.28. The molecule has 5 heteroatoms. The zero-order valence-electron chi connectivity index (χ0n) is 14.4. The highest BCUT2D eigenvalue weighted by Gasteiger charge is 2.54. The molecule has 1 aliphatic heterocycles. The van der Waals surface area contributed by atoms with Crippen molar-refractivity contribution in [2.45, 2.75) is 43.9 Å². The molecule has 0 aromatic heterocycles. The minimum Gasteiger partial charge on any atom is -0.382 e. The van der Waals surface area contributed by atoms with Crippen LogP contribution in [0.15, 0.2) is 24.3 Å². The van der Waals surface area contributed by atoms with E-state index in [1.165, 1.54) is 17.5 Å². The highest BCUT2D eigenvalue weighted by molar-refractivity contribution is 5.75. The largest absolute Gasteiger partial charge is 0.382 e. The van der Waals surface area contributed by atoms with E-state index in [0.717, 1.165) is 6.42 Å². The molecule has 130 valence electrons. The Morgan fingerprint density at radius 3 is 3.04 bits per heavy atom. The quantitative estimate of drug-likeness (QED) is 0.924. The second kappa shape index (κ2) is 6.37.